The average Bonchev–Trinajstić information content (AvgIpc) is 3.64. The number of benzene rings is 1. The highest BCUT2D eigenvalue weighted by molar-refractivity contribution is 5.91. The van der Waals surface area contributed by atoms with Crippen LogP contribution in [0.1, 0.15) is 36.9 Å². The van der Waals surface area contributed by atoms with Gasteiger partial charge < -0.3 is 19.7 Å². The summed E-state index contributed by atoms with van der Waals surface area (Å²) in [6.07, 6.45) is 6.40. The number of hydrogen-bond donors (Lipinski definition) is 1. The Morgan fingerprint density at radius 1 is 1.12 bits per heavy atom. The van der Waals surface area contributed by atoms with Crippen LogP contribution in [0.25, 0.3) is 11.2 Å². The van der Waals surface area contributed by atoms with E-state index >= 15 is 0 Å². The average molecular weight is 459 g/mol. The second-order valence-electron chi connectivity index (χ2n) is 9.76. The maximum atomic E-state index is 13.2. The number of anilines is 1. The molecule has 34 heavy (non-hydrogen) atoms. The molecule has 3 aromatic rings. The number of rotatable bonds is 5. The molecule has 8 nitrogen and oxygen atoms in total. The van der Waals surface area contributed by atoms with Gasteiger partial charge in [-0.1, -0.05) is 12.1 Å². The van der Waals surface area contributed by atoms with Crippen LogP contribution in [0.3, 0.4) is 0 Å². The van der Waals surface area contributed by atoms with Crippen molar-refractivity contribution in [1.29, 1.82) is 0 Å². The number of piperazine rings is 1. The fraction of sp³-hybridized carbons (Fsp3) is 0.462. The number of amides is 1. The largest absolute Gasteiger partial charge is 0.367 e. The first-order valence-electron chi connectivity index (χ1n) is 12.3. The number of nitrogens with one attached hydrogen (secondary N) is 1. The van der Waals surface area contributed by atoms with E-state index in [1.165, 1.54) is 5.56 Å². The summed E-state index contributed by atoms with van der Waals surface area (Å²) in [5.74, 6) is 0.644. The molecule has 2 aromatic heterocycles. The minimum atomic E-state index is -0.204. The lowest BCUT2D eigenvalue weighted by Crippen LogP contribution is -2.55. The summed E-state index contributed by atoms with van der Waals surface area (Å²) in [5, 5.41) is 3.50. The number of carbonyl (C=O) groups is 2. The third kappa shape index (κ3) is 3.76. The number of ketones is 1. The molecule has 1 aliphatic carbocycles. The van der Waals surface area contributed by atoms with E-state index in [1.54, 1.807) is 12.5 Å². The smallest absolute Gasteiger partial charge is 0.242 e. The Kier molecular flexibility index (Phi) is 5.32. The van der Waals surface area contributed by atoms with Crippen LogP contribution in [0, 0.1) is 5.92 Å². The highest BCUT2D eigenvalue weighted by atomic mass is 16.2. The predicted octanol–water partition coefficient (Wildman–Crippen LogP) is 2.33. The maximum Gasteiger partial charge on any atom is 0.242 e. The van der Waals surface area contributed by atoms with E-state index in [2.05, 4.69) is 45.3 Å². The Morgan fingerprint density at radius 2 is 2.00 bits per heavy atom. The van der Waals surface area contributed by atoms with E-state index in [4.69, 9.17) is 0 Å². The van der Waals surface area contributed by atoms with Crippen molar-refractivity contribution in [3.8, 4) is 0 Å². The summed E-state index contributed by atoms with van der Waals surface area (Å²) in [6.45, 7) is 5.33. The monoisotopic (exact) mass is 458 g/mol. The molecule has 1 amide bonds. The van der Waals surface area contributed by atoms with Crippen molar-refractivity contribution in [2.45, 2.75) is 44.8 Å². The second kappa shape index (κ2) is 8.51. The van der Waals surface area contributed by atoms with Crippen molar-refractivity contribution in [3.05, 3.63) is 54.0 Å². The molecule has 2 fully saturated rings. The number of imidazole rings is 1. The molecular formula is C26H30N6O2. The van der Waals surface area contributed by atoms with Crippen molar-refractivity contribution in [1.82, 2.24) is 24.8 Å². The zero-order chi connectivity index (χ0) is 23.2. The van der Waals surface area contributed by atoms with Gasteiger partial charge in [-0.15, -0.1) is 0 Å². The molecule has 4 heterocycles. The van der Waals surface area contributed by atoms with Gasteiger partial charge in [0.2, 0.25) is 5.91 Å². The van der Waals surface area contributed by atoms with Gasteiger partial charge in [-0.25, -0.2) is 9.97 Å². The van der Waals surface area contributed by atoms with Gasteiger partial charge in [0.25, 0.3) is 0 Å². The summed E-state index contributed by atoms with van der Waals surface area (Å²) >= 11 is 0. The van der Waals surface area contributed by atoms with Crippen molar-refractivity contribution >= 4 is 28.5 Å². The molecule has 3 aliphatic rings. The Balaban J connectivity index is 1.20. The van der Waals surface area contributed by atoms with E-state index < -0.39 is 0 Å². The summed E-state index contributed by atoms with van der Waals surface area (Å²) in [4.78, 5) is 39.3. The van der Waals surface area contributed by atoms with Gasteiger partial charge in [-0.2, -0.15) is 0 Å². The van der Waals surface area contributed by atoms with Crippen LogP contribution in [0.4, 0.5) is 5.69 Å². The Labute approximate surface area is 199 Å². The zero-order valence-corrected chi connectivity index (χ0v) is 19.5. The van der Waals surface area contributed by atoms with Crippen LogP contribution in [-0.2, 0) is 22.6 Å². The van der Waals surface area contributed by atoms with E-state index in [9.17, 15) is 9.59 Å². The van der Waals surface area contributed by atoms with Crippen molar-refractivity contribution in [3.63, 3.8) is 0 Å². The number of Topliss-reactive ketones (excluding diaryl/α,β-unsaturated/α-hetero) is 1. The first kappa shape index (κ1) is 21.3. The van der Waals surface area contributed by atoms with Gasteiger partial charge in [0.15, 0.2) is 11.4 Å². The van der Waals surface area contributed by atoms with E-state index in [-0.39, 0.29) is 30.5 Å². The SMILES string of the molecule is CC1CN(c2cccc3c2C(C(=O)C2CC2)NCC3)CCN1C(=O)Cn1cnc2cccnc21. The Morgan fingerprint density at radius 3 is 2.82 bits per heavy atom. The van der Waals surface area contributed by atoms with Gasteiger partial charge >= 0.3 is 0 Å². The van der Waals surface area contributed by atoms with E-state index in [1.807, 2.05) is 21.6 Å². The fourth-order valence-electron chi connectivity index (χ4n) is 5.52. The Bertz CT molecular complexity index is 1250. The molecule has 0 radical (unpaired) electrons. The molecule has 0 bridgehead atoms. The molecule has 1 aromatic carbocycles. The minimum absolute atomic E-state index is 0.0639. The quantitative estimate of drug-likeness (QED) is 0.632. The molecule has 0 spiro atoms. The van der Waals surface area contributed by atoms with Crippen LogP contribution >= 0.6 is 0 Å². The summed E-state index contributed by atoms with van der Waals surface area (Å²) in [5.41, 5.74) is 5.12. The molecule has 2 aliphatic heterocycles. The van der Waals surface area contributed by atoms with Crippen molar-refractivity contribution in [2.24, 2.45) is 5.92 Å². The lowest BCUT2D eigenvalue weighted by atomic mass is 9.88. The van der Waals surface area contributed by atoms with Gasteiger partial charge in [-0.3, -0.25) is 9.59 Å². The highest BCUT2D eigenvalue weighted by Crippen LogP contribution is 2.40. The topological polar surface area (TPSA) is 83.4 Å². The van der Waals surface area contributed by atoms with Crippen LogP contribution in [0.15, 0.2) is 42.9 Å². The van der Waals surface area contributed by atoms with Crippen LogP contribution < -0.4 is 10.2 Å². The molecule has 2 atom stereocenters. The minimum Gasteiger partial charge on any atom is -0.367 e. The molecule has 8 heteroatoms. The first-order chi connectivity index (χ1) is 16.6. The van der Waals surface area contributed by atoms with E-state index in [0.717, 1.165) is 61.3 Å². The van der Waals surface area contributed by atoms with Gasteiger partial charge in [0.05, 0.1) is 12.4 Å². The molecule has 1 saturated carbocycles. The summed E-state index contributed by atoms with van der Waals surface area (Å²) in [6, 6.07) is 10.0. The lowest BCUT2D eigenvalue weighted by molar-refractivity contribution is -0.134. The number of carbonyl (C=O) groups excluding carboxylic acids is 2. The number of pyridine rings is 1. The summed E-state index contributed by atoms with van der Waals surface area (Å²) in [7, 11) is 0. The number of fused-ring (bicyclic) bond motifs is 2. The van der Waals surface area contributed by atoms with Crippen molar-refractivity contribution in [2.75, 3.05) is 31.1 Å². The second-order valence-corrected chi connectivity index (χ2v) is 9.76. The van der Waals surface area contributed by atoms with Crippen molar-refractivity contribution < 1.29 is 9.59 Å². The van der Waals surface area contributed by atoms with E-state index in [0.29, 0.717) is 12.3 Å². The maximum absolute atomic E-state index is 13.2. The molecule has 6 rings (SSSR count). The van der Waals surface area contributed by atoms with Gasteiger partial charge in [0, 0.05) is 55.6 Å². The molecule has 176 valence electrons. The van der Waals surface area contributed by atoms with Gasteiger partial charge in [0.1, 0.15) is 12.1 Å². The standard InChI is InChI=1S/C26H30N6O2/c1-17-14-30(12-13-32(17)22(33)15-31-16-29-20-5-3-10-28-26(20)31)21-6-2-4-18-9-11-27-24(23(18)21)25(34)19-7-8-19/h2-6,10,16-17,19,24,27H,7-9,11-15H2,1H3. The fourth-order valence-corrected chi connectivity index (χ4v) is 5.52. The number of nitrogens with zero attached hydrogens (tertiary/aromatic N) is 5. The summed E-state index contributed by atoms with van der Waals surface area (Å²) < 4.78 is 1.82. The molecule has 2 unspecified atom stereocenters. The third-order valence-corrected chi connectivity index (χ3v) is 7.44. The van der Waals surface area contributed by atoms with Gasteiger partial charge in [-0.05, 0) is 49.9 Å². The number of aromatic nitrogens is 3. The predicted molar refractivity (Wildman–Crippen MR) is 130 cm³/mol. The molecular weight excluding hydrogens is 428 g/mol. The molecule has 1 N–H and O–H groups in total. The highest BCUT2D eigenvalue weighted by Gasteiger charge is 2.39. The third-order valence-electron chi connectivity index (χ3n) is 7.44. The van der Waals surface area contributed by atoms with Crippen LogP contribution in [0.5, 0.6) is 0 Å². The lowest BCUT2D eigenvalue weighted by Gasteiger charge is -2.43. The first-order valence-corrected chi connectivity index (χ1v) is 12.3. The molecule has 1 saturated heterocycles. The Hall–Kier alpha value is -3.26. The normalized spacial score (nSPS) is 22.6. The zero-order valence-electron chi connectivity index (χ0n) is 19.5. The van der Waals surface area contributed by atoms with Crippen LogP contribution in [-0.4, -0.2) is 63.3 Å². The van der Waals surface area contributed by atoms with Crippen LogP contribution in [0.2, 0.25) is 0 Å². The number of hydrogen-bond acceptors (Lipinski definition) is 6.